The van der Waals surface area contributed by atoms with E-state index in [1.54, 1.807) is 43.3 Å². The highest BCUT2D eigenvalue weighted by atomic mass is 79.9. The van der Waals surface area contributed by atoms with Crippen LogP contribution in [-0.4, -0.2) is 22.2 Å². The van der Waals surface area contributed by atoms with E-state index in [1.165, 1.54) is 0 Å². The number of nitrogens with one attached hydrogen (secondary N) is 2. The Morgan fingerprint density at radius 3 is 2.64 bits per heavy atom. The number of anilines is 1. The molecule has 0 saturated carbocycles. The minimum Gasteiger partial charge on any atom is -0.506 e. The molecule has 0 aromatic heterocycles. The number of rotatable bonds is 4. The summed E-state index contributed by atoms with van der Waals surface area (Å²) in [6.45, 7) is 5.61. The summed E-state index contributed by atoms with van der Waals surface area (Å²) in [5.74, 6) is 0.461. The van der Waals surface area contributed by atoms with Crippen LogP contribution in [0.3, 0.4) is 0 Å². The Bertz CT molecular complexity index is 786. The highest BCUT2D eigenvalue weighted by Crippen LogP contribution is 2.30. The van der Waals surface area contributed by atoms with E-state index >= 15 is 0 Å². The normalized spacial score (nSPS) is 10.4. The zero-order chi connectivity index (χ0) is 18.6. The van der Waals surface area contributed by atoms with Gasteiger partial charge in [0.2, 0.25) is 0 Å². The van der Waals surface area contributed by atoms with Crippen LogP contribution in [-0.2, 0) is 0 Å². The maximum absolute atomic E-state index is 12.3. The second-order valence-electron chi connectivity index (χ2n) is 5.73. The van der Waals surface area contributed by atoms with E-state index in [1.807, 2.05) is 13.8 Å². The summed E-state index contributed by atoms with van der Waals surface area (Å²) in [7, 11) is 0. The zero-order valence-electron chi connectivity index (χ0n) is 14.1. The van der Waals surface area contributed by atoms with Crippen molar-refractivity contribution in [1.29, 1.82) is 0 Å². The topological polar surface area (TPSA) is 70.6 Å². The van der Waals surface area contributed by atoms with E-state index in [-0.39, 0.29) is 22.9 Å². The standard InChI is InChI=1S/C18H19BrN2O3S/c1-10(2)24-14-6-4-5-12(8-14)17(23)21-18(25)20-13-7-11(3)16(22)15(19)9-13/h4-10,22H,1-3H3,(H2,20,21,23,25). The van der Waals surface area contributed by atoms with E-state index in [9.17, 15) is 9.90 Å². The van der Waals surface area contributed by atoms with Crippen molar-refractivity contribution >= 4 is 44.9 Å². The van der Waals surface area contributed by atoms with E-state index in [0.29, 0.717) is 27.0 Å². The summed E-state index contributed by atoms with van der Waals surface area (Å²) >= 11 is 8.45. The van der Waals surface area contributed by atoms with Crippen LogP contribution in [0.4, 0.5) is 5.69 Å². The van der Waals surface area contributed by atoms with Crippen molar-refractivity contribution in [2.75, 3.05) is 5.32 Å². The fourth-order valence-corrected chi connectivity index (χ4v) is 2.90. The Balaban J connectivity index is 2.04. The summed E-state index contributed by atoms with van der Waals surface area (Å²) in [4.78, 5) is 12.3. The van der Waals surface area contributed by atoms with Gasteiger partial charge in [-0.05, 0) is 84.8 Å². The number of hydrogen-bond donors (Lipinski definition) is 3. The van der Waals surface area contributed by atoms with Gasteiger partial charge in [0, 0.05) is 11.3 Å². The average Bonchev–Trinajstić information content (AvgIpc) is 2.52. The number of carbonyl (C=O) groups is 1. The largest absolute Gasteiger partial charge is 0.506 e. The molecule has 1 amide bonds. The van der Waals surface area contributed by atoms with E-state index in [2.05, 4.69) is 26.6 Å². The first-order chi connectivity index (χ1) is 11.8. The molecule has 0 aliphatic heterocycles. The molecule has 0 aliphatic carbocycles. The van der Waals surface area contributed by atoms with Crippen LogP contribution in [0, 0.1) is 6.92 Å². The van der Waals surface area contributed by atoms with Gasteiger partial charge in [-0.3, -0.25) is 10.1 Å². The van der Waals surface area contributed by atoms with Crippen molar-refractivity contribution in [3.8, 4) is 11.5 Å². The van der Waals surface area contributed by atoms with Crippen LogP contribution in [0.2, 0.25) is 0 Å². The third-order valence-corrected chi connectivity index (χ3v) is 4.02. The number of carbonyl (C=O) groups excluding carboxylic acids is 1. The van der Waals surface area contributed by atoms with Crippen LogP contribution in [0.15, 0.2) is 40.9 Å². The lowest BCUT2D eigenvalue weighted by Crippen LogP contribution is -2.34. The first-order valence-corrected chi connectivity index (χ1v) is 8.84. The van der Waals surface area contributed by atoms with Gasteiger partial charge in [-0.2, -0.15) is 0 Å². The number of halogens is 1. The smallest absolute Gasteiger partial charge is 0.257 e. The van der Waals surface area contributed by atoms with E-state index in [4.69, 9.17) is 17.0 Å². The number of ether oxygens (including phenoxy) is 1. The molecule has 0 heterocycles. The number of aryl methyl sites for hydroxylation is 1. The lowest BCUT2D eigenvalue weighted by Gasteiger charge is -2.13. The van der Waals surface area contributed by atoms with Gasteiger partial charge in [0.25, 0.3) is 5.91 Å². The molecule has 2 aromatic carbocycles. The van der Waals surface area contributed by atoms with Crippen LogP contribution in [0.5, 0.6) is 11.5 Å². The van der Waals surface area contributed by atoms with Crippen LogP contribution >= 0.6 is 28.1 Å². The maximum atomic E-state index is 12.3. The zero-order valence-corrected chi connectivity index (χ0v) is 16.5. The van der Waals surface area contributed by atoms with Crippen molar-refractivity contribution in [2.24, 2.45) is 0 Å². The molecule has 25 heavy (non-hydrogen) atoms. The van der Waals surface area contributed by atoms with Crippen molar-refractivity contribution in [2.45, 2.75) is 26.9 Å². The Hall–Kier alpha value is -2.12. The number of aromatic hydroxyl groups is 1. The molecular weight excluding hydrogens is 404 g/mol. The second-order valence-corrected chi connectivity index (χ2v) is 6.99. The molecule has 0 aliphatic rings. The molecule has 0 saturated heterocycles. The first kappa shape index (κ1) is 19.2. The average molecular weight is 423 g/mol. The first-order valence-electron chi connectivity index (χ1n) is 7.64. The second kappa shape index (κ2) is 8.31. The summed E-state index contributed by atoms with van der Waals surface area (Å²) in [5.41, 5.74) is 1.79. The lowest BCUT2D eigenvalue weighted by atomic mass is 10.2. The van der Waals surface area contributed by atoms with E-state index < -0.39 is 0 Å². The minimum atomic E-state index is -0.332. The third kappa shape index (κ3) is 5.44. The summed E-state index contributed by atoms with van der Waals surface area (Å²) in [6, 6.07) is 10.3. The van der Waals surface area contributed by atoms with Crippen molar-refractivity contribution in [3.05, 3.63) is 52.0 Å². The number of thiocarbonyl (C=S) groups is 1. The molecule has 2 aromatic rings. The predicted molar refractivity (Wildman–Crippen MR) is 106 cm³/mol. The minimum absolute atomic E-state index is 0.0252. The van der Waals surface area contributed by atoms with Gasteiger partial charge >= 0.3 is 0 Å². The Morgan fingerprint density at radius 1 is 1.28 bits per heavy atom. The molecule has 132 valence electrons. The molecule has 0 radical (unpaired) electrons. The molecule has 0 spiro atoms. The number of benzene rings is 2. The fraction of sp³-hybridized carbons (Fsp3) is 0.222. The van der Waals surface area contributed by atoms with E-state index in [0.717, 1.165) is 0 Å². The fourth-order valence-electron chi connectivity index (χ4n) is 2.13. The van der Waals surface area contributed by atoms with Gasteiger partial charge in [0.1, 0.15) is 11.5 Å². The van der Waals surface area contributed by atoms with Gasteiger partial charge in [-0.25, -0.2) is 0 Å². The number of amides is 1. The lowest BCUT2D eigenvalue weighted by molar-refractivity contribution is 0.0977. The molecule has 0 unspecified atom stereocenters. The van der Waals surface area contributed by atoms with Crippen LogP contribution in [0.1, 0.15) is 29.8 Å². The van der Waals surface area contributed by atoms with Gasteiger partial charge in [0.15, 0.2) is 5.11 Å². The van der Waals surface area contributed by atoms with Crippen molar-refractivity contribution < 1.29 is 14.6 Å². The van der Waals surface area contributed by atoms with Crippen molar-refractivity contribution in [3.63, 3.8) is 0 Å². The summed E-state index contributed by atoms with van der Waals surface area (Å²) in [6.07, 6.45) is 0.0252. The monoisotopic (exact) mass is 422 g/mol. The number of phenols is 1. The molecule has 3 N–H and O–H groups in total. The Labute approximate surface area is 160 Å². The molecule has 0 bridgehead atoms. The maximum Gasteiger partial charge on any atom is 0.257 e. The summed E-state index contributed by atoms with van der Waals surface area (Å²) < 4.78 is 6.13. The van der Waals surface area contributed by atoms with Gasteiger partial charge in [-0.1, -0.05) is 6.07 Å². The Morgan fingerprint density at radius 2 is 2.00 bits per heavy atom. The quantitative estimate of drug-likeness (QED) is 0.503. The van der Waals surface area contributed by atoms with Crippen LogP contribution < -0.4 is 15.4 Å². The van der Waals surface area contributed by atoms with Gasteiger partial charge in [0.05, 0.1) is 10.6 Å². The highest BCUT2D eigenvalue weighted by Gasteiger charge is 2.11. The van der Waals surface area contributed by atoms with Crippen molar-refractivity contribution in [1.82, 2.24) is 5.32 Å². The molecule has 7 heteroatoms. The molecule has 0 fully saturated rings. The summed E-state index contributed by atoms with van der Waals surface area (Å²) in [5, 5.41) is 15.5. The van der Waals surface area contributed by atoms with Gasteiger partial charge in [-0.15, -0.1) is 0 Å². The molecule has 0 atom stereocenters. The number of hydrogen-bond acceptors (Lipinski definition) is 4. The molecule has 5 nitrogen and oxygen atoms in total. The SMILES string of the molecule is Cc1cc(NC(=S)NC(=O)c2cccc(OC(C)C)c2)cc(Br)c1O. The number of phenolic OH excluding ortho intramolecular Hbond substituents is 1. The molecule has 2 rings (SSSR count). The highest BCUT2D eigenvalue weighted by molar-refractivity contribution is 9.10. The Kier molecular flexibility index (Phi) is 6.39. The predicted octanol–water partition coefficient (Wildman–Crippen LogP) is 4.38. The molecular formula is C18H19BrN2O3S. The third-order valence-electron chi connectivity index (χ3n) is 3.21. The van der Waals surface area contributed by atoms with Crippen LogP contribution in [0.25, 0.3) is 0 Å². The van der Waals surface area contributed by atoms with Gasteiger partial charge < -0.3 is 15.2 Å².